The molecule has 0 bridgehead atoms. The van der Waals surface area contributed by atoms with Crippen molar-refractivity contribution >= 4 is 15.9 Å². The third-order valence-electron chi connectivity index (χ3n) is 3.98. The minimum Gasteiger partial charge on any atom is -0.343 e. The Morgan fingerprint density at radius 2 is 1.83 bits per heavy atom. The minimum absolute atomic E-state index is 0.0206. The van der Waals surface area contributed by atoms with E-state index in [0.29, 0.717) is 12.8 Å². The standard InChI is InChI=1S/C15H20F2N2O3S/c1-3-4-8-13-15(20)18(2)9-10-19(13)23(21,22)14-11(16)6-5-7-12(14)17/h5-7,13H,3-4,8-10H2,1-2H3/t13-/m1/s1. The normalized spacial score (nSPS) is 20.1. The van der Waals surface area contributed by atoms with Gasteiger partial charge in [0.15, 0.2) is 4.90 Å². The predicted molar refractivity (Wildman–Crippen MR) is 81.2 cm³/mol. The van der Waals surface area contributed by atoms with E-state index in [2.05, 4.69) is 0 Å². The fourth-order valence-corrected chi connectivity index (χ4v) is 4.41. The quantitative estimate of drug-likeness (QED) is 0.819. The average Bonchev–Trinajstić information content (AvgIpc) is 2.48. The molecule has 0 N–H and O–H groups in total. The molecule has 2 rings (SSSR count). The van der Waals surface area contributed by atoms with Gasteiger partial charge in [-0.2, -0.15) is 4.31 Å². The summed E-state index contributed by atoms with van der Waals surface area (Å²) < 4.78 is 54.2. The Morgan fingerprint density at radius 1 is 1.22 bits per heavy atom. The third kappa shape index (κ3) is 3.37. The van der Waals surface area contributed by atoms with Crippen molar-refractivity contribution in [2.45, 2.75) is 37.1 Å². The van der Waals surface area contributed by atoms with Crippen LogP contribution < -0.4 is 0 Å². The minimum atomic E-state index is -4.42. The summed E-state index contributed by atoms with van der Waals surface area (Å²) in [6.45, 7) is 2.13. The first-order valence-corrected chi connectivity index (χ1v) is 8.95. The van der Waals surface area contributed by atoms with E-state index in [1.165, 1.54) is 4.90 Å². The van der Waals surface area contributed by atoms with Gasteiger partial charge < -0.3 is 4.90 Å². The van der Waals surface area contributed by atoms with Crippen LogP contribution >= 0.6 is 0 Å². The molecule has 1 amide bonds. The maximum atomic E-state index is 13.9. The summed E-state index contributed by atoms with van der Waals surface area (Å²) in [6, 6.07) is 1.98. The molecule has 23 heavy (non-hydrogen) atoms. The van der Waals surface area contributed by atoms with E-state index in [4.69, 9.17) is 0 Å². The molecule has 0 saturated carbocycles. The summed E-state index contributed by atoms with van der Waals surface area (Å²) in [5, 5.41) is 0. The Balaban J connectivity index is 2.45. The molecule has 0 aliphatic carbocycles. The number of piperazine rings is 1. The van der Waals surface area contributed by atoms with E-state index >= 15 is 0 Å². The lowest BCUT2D eigenvalue weighted by Gasteiger charge is -2.38. The van der Waals surface area contributed by atoms with E-state index in [-0.39, 0.29) is 19.0 Å². The highest BCUT2D eigenvalue weighted by molar-refractivity contribution is 7.89. The number of rotatable bonds is 5. The first-order chi connectivity index (χ1) is 10.8. The molecule has 1 aromatic carbocycles. The number of carbonyl (C=O) groups excluding carboxylic acids is 1. The summed E-state index contributed by atoms with van der Waals surface area (Å²) >= 11 is 0. The second-order valence-corrected chi connectivity index (χ2v) is 7.41. The molecule has 1 aliphatic rings. The molecule has 1 aliphatic heterocycles. The molecule has 8 heteroatoms. The summed E-state index contributed by atoms with van der Waals surface area (Å²) in [5.74, 6) is -2.64. The molecule has 1 saturated heterocycles. The van der Waals surface area contributed by atoms with Crippen molar-refractivity contribution < 1.29 is 22.0 Å². The van der Waals surface area contributed by atoms with Gasteiger partial charge in [0.25, 0.3) is 0 Å². The van der Waals surface area contributed by atoms with E-state index in [1.54, 1.807) is 7.05 Å². The lowest BCUT2D eigenvalue weighted by molar-refractivity contribution is -0.137. The molecule has 0 unspecified atom stereocenters. The number of hydrogen-bond donors (Lipinski definition) is 0. The Morgan fingerprint density at radius 3 is 2.39 bits per heavy atom. The zero-order valence-corrected chi connectivity index (χ0v) is 13.9. The van der Waals surface area contributed by atoms with Crippen molar-refractivity contribution in [2.24, 2.45) is 0 Å². The van der Waals surface area contributed by atoms with Gasteiger partial charge in [0.05, 0.1) is 0 Å². The van der Waals surface area contributed by atoms with Crippen molar-refractivity contribution in [2.75, 3.05) is 20.1 Å². The van der Waals surface area contributed by atoms with E-state index < -0.39 is 32.6 Å². The van der Waals surface area contributed by atoms with Crippen molar-refractivity contribution in [1.29, 1.82) is 0 Å². The molecular formula is C15H20F2N2O3S. The molecule has 1 heterocycles. The summed E-state index contributed by atoms with van der Waals surface area (Å²) in [6.07, 6.45) is 1.76. The fraction of sp³-hybridized carbons (Fsp3) is 0.533. The van der Waals surface area contributed by atoms with Crippen LogP contribution in [-0.2, 0) is 14.8 Å². The molecule has 1 atom stereocenters. The van der Waals surface area contributed by atoms with Crippen molar-refractivity contribution in [3.8, 4) is 0 Å². The Bertz CT molecular complexity index is 674. The number of benzene rings is 1. The smallest absolute Gasteiger partial charge is 0.249 e. The zero-order chi connectivity index (χ0) is 17.2. The highest BCUT2D eigenvalue weighted by Gasteiger charge is 2.42. The van der Waals surface area contributed by atoms with Crippen LogP contribution in [0.3, 0.4) is 0 Å². The first kappa shape index (κ1) is 17.8. The van der Waals surface area contributed by atoms with Crippen LogP contribution in [0.5, 0.6) is 0 Å². The van der Waals surface area contributed by atoms with Gasteiger partial charge in [-0.15, -0.1) is 0 Å². The largest absolute Gasteiger partial charge is 0.343 e. The summed E-state index contributed by atoms with van der Waals surface area (Å²) in [4.78, 5) is 12.8. The second-order valence-electron chi connectivity index (χ2n) is 5.58. The Kier molecular flexibility index (Phi) is 5.36. The number of nitrogens with zero attached hydrogens (tertiary/aromatic N) is 2. The molecule has 0 radical (unpaired) electrons. The third-order valence-corrected chi connectivity index (χ3v) is 5.94. The first-order valence-electron chi connectivity index (χ1n) is 7.51. The number of hydrogen-bond acceptors (Lipinski definition) is 3. The average molecular weight is 346 g/mol. The highest BCUT2D eigenvalue weighted by Crippen LogP contribution is 2.28. The van der Waals surface area contributed by atoms with Crippen LogP contribution in [0, 0.1) is 11.6 Å². The van der Waals surface area contributed by atoms with Crippen molar-refractivity contribution in [3.63, 3.8) is 0 Å². The van der Waals surface area contributed by atoms with Crippen LogP contribution in [0.25, 0.3) is 0 Å². The van der Waals surface area contributed by atoms with Gasteiger partial charge >= 0.3 is 0 Å². The topological polar surface area (TPSA) is 57.7 Å². The van der Waals surface area contributed by atoms with Gasteiger partial charge in [-0.25, -0.2) is 17.2 Å². The molecule has 128 valence electrons. The van der Waals surface area contributed by atoms with Gasteiger partial charge in [0.2, 0.25) is 15.9 Å². The SMILES string of the molecule is CCCC[C@@H]1C(=O)N(C)CCN1S(=O)(=O)c1c(F)cccc1F. The van der Waals surface area contributed by atoms with Gasteiger partial charge in [-0.3, -0.25) is 4.79 Å². The number of halogens is 2. The van der Waals surface area contributed by atoms with Crippen LogP contribution in [-0.4, -0.2) is 49.7 Å². The lowest BCUT2D eigenvalue weighted by Crippen LogP contribution is -2.57. The number of carbonyl (C=O) groups is 1. The van der Waals surface area contributed by atoms with Crippen molar-refractivity contribution in [1.82, 2.24) is 9.21 Å². The van der Waals surface area contributed by atoms with Crippen LogP contribution in [0.4, 0.5) is 8.78 Å². The molecular weight excluding hydrogens is 326 g/mol. The number of amides is 1. The predicted octanol–water partition coefficient (Wildman–Crippen LogP) is 1.99. The van der Waals surface area contributed by atoms with Crippen LogP contribution in [0.2, 0.25) is 0 Å². The highest BCUT2D eigenvalue weighted by atomic mass is 32.2. The maximum Gasteiger partial charge on any atom is 0.249 e. The summed E-state index contributed by atoms with van der Waals surface area (Å²) in [7, 11) is -2.83. The van der Waals surface area contributed by atoms with Crippen LogP contribution in [0.1, 0.15) is 26.2 Å². The number of sulfonamides is 1. The maximum absolute atomic E-state index is 13.9. The zero-order valence-electron chi connectivity index (χ0n) is 13.1. The van der Waals surface area contributed by atoms with E-state index in [1.807, 2.05) is 6.92 Å². The Hall–Kier alpha value is -1.54. The molecule has 1 aromatic rings. The van der Waals surface area contributed by atoms with Crippen molar-refractivity contribution in [3.05, 3.63) is 29.8 Å². The second kappa shape index (κ2) is 6.92. The number of unbranched alkanes of at least 4 members (excludes halogenated alkanes) is 1. The summed E-state index contributed by atoms with van der Waals surface area (Å²) in [5.41, 5.74) is 0. The Labute approximate surface area is 134 Å². The fourth-order valence-electron chi connectivity index (χ4n) is 2.69. The van der Waals surface area contributed by atoms with E-state index in [9.17, 15) is 22.0 Å². The monoisotopic (exact) mass is 346 g/mol. The molecule has 1 fully saturated rings. The van der Waals surface area contributed by atoms with Gasteiger partial charge in [0.1, 0.15) is 17.7 Å². The lowest BCUT2D eigenvalue weighted by atomic mass is 10.1. The number of likely N-dealkylation sites (N-methyl/N-ethyl adjacent to an activating group) is 1. The van der Waals surface area contributed by atoms with E-state index in [0.717, 1.165) is 28.9 Å². The molecule has 5 nitrogen and oxygen atoms in total. The van der Waals surface area contributed by atoms with Gasteiger partial charge in [-0.05, 0) is 18.6 Å². The van der Waals surface area contributed by atoms with Crippen LogP contribution in [0.15, 0.2) is 23.1 Å². The van der Waals surface area contributed by atoms with Gasteiger partial charge in [-0.1, -0.05) is 25.8 Å². The molecule has 0 aromatic heterocycles. The molecule has 0 spiro atoms. The van der Waals surface area contributed by atoms with Gasteiger partial charge in [0, 0.05) is 20.1 Å².